The van der Waals surface area contributed by atoms with E-state index in [1.54, 1.807) is 11.3 Å². The van der Waals surface area contributed by atoms with Crippen molar-refractivity contribution in [2.75, 3.05) is 13.1 Å². The normalized spacial score (nSPS) is 17.1. The van der Waals surface area contributed by atoms with Gasteiger partial charge in [-0.15, -0.1) is 10.2 Å². The van der Waals surface area contributed by atoms with Crippen molar-refractivity contribution in [1.82, 2.24) is 15.1 Å². The lowest BCUT2D eigenvalue weighted by atomic mass is 9.99. The number of aryl methyl sites for hydroxylation is 1. The van der Waals surface area contributed by atoms with Crippen LogP contribution in [-0.2, 0) is 11.2 Å². The van der Waals surface area contributed by atoms with E-state index in [0.717, 1.165) is 25.1 Å². The molecule has 1 aromatic carbocycles. The highest BCUT2D eigenvalue weighted by Gasteiger charge is 2.27. The third-order valence-corrected chi connectivity index (χ3v) is 5.28. The monoisotopic (exact) mass is 353 g/mol. The average molecular weight is 353 g/mol. The first-order valence-electron chi connectivity index (χ1n) is 8.47. The zero-order valence-corrected chi connectivity index (χ0v) is 14.6. The summed E-state index contributed by atoms with van der Waals surface area (Å²) in [6.07, 6.45) is 1.92. The highest BCUT2D eigenvalue weighted by atomic mass is 32.1. The Hall–Kier alpha value is -2.47. The molecule has 4 rings (SSSR count). The van der Waals surface area contributed by atoms with Gasteiger partial charge in [-0.2, -0.15) is 11.3 Å². The second kappa shape index (κ2) is 7.19. The number of nitrogens with zero attached hydrogens (tertiary/aromatic N) is 3. The zero-order valence-electron chi connectivity index (χ0n) is 13.8. The maximum atomic E-state index is 12.5. The van der Waals surface area contributed by atoms with E-state index in [1.165, 1.54) is 5.56 Å². The Labute approximate surface area is 150 Å². The van der Waals surface area contributed by atoms with Crippen molar-refractivity contribution in [2.24, 2.45) is 0 Å². The molecule has 0 radical (unpaired) electrons. The molecular weight excluding hydrogens is 334 g/mol. The highest BCUT2D eigenvalue weighted by molar-refractivity contribution is 7.08. The van der Waals surface area contributed by atoms with Crippen LogP contribution < -0.4 is 0 Å². The molecule has 1 aliphatic rings. The van der Waals surface area contributed by atoms with Gasteiger partial charge in [-0.3, -0.25) is 4.79 Å². The molecule has 2 aromatic heterocycles. The molecule has 3 aromatic rings. The van der Waals surface area contributed by atoms with Gasteiger partial charge in [0.25, 0.3) is 0 Å². The Bertz CT molecular complexity index is 829. The second-order valence-corrected chi connectivity index (χ2v) is 7.03. The van der Waals surface area contributed by atoms with Gasteiger partial charge in [0.05, 0.1) is 0 Å². The number of benzene rings is 1. The Morgan fingerprint density at radius 2 is 2.12 bits per heavy atom. The molecule has 0 aliphatic carbocycles. The summed E-state index contributed by atoms with van der Waals surface area (Å²) in [5.74, 6) is 1.65. The van der Waals surface area contributed by atoms with Crippen molar-refractivity contribution in [3.63, 3.8) is 0 Å². The summed E-state index contributed by atoms with van der Waals surface area (Å²) in [6.45, 7) is 1.62. The fourth-order valence-corrected chi connectivity index (χ4v) is 3.84. The van der Waals surface area contributed by atoms with Gasteiger partial charge in [-0.05, 0) is 23.4 Å². The standard InChI is InChI=1S/C19H19N3O2S/c23-18(22-10-8-15(12-22)14-4-2-1-3-5-14)7-6-17-20-21-19(24-17)16-9-11-25-13-16/h1-5,9,11,13,15H,6-8,10,12H2/t15-/m1/s1. The summed E-state index contributed by atoms with van der Waals surface area (Å²) in [7, 11) is 0. The highest BCUT2D eigenvalue weighted by Crippen LogP contribution is 2.27. The van der Waals surface area contributed by atoms with Gasteiger partial charge >= 0.3 is 0 Å². The molecule has 3 heterocycles. The third-order valence-electron chi connectivity index (χ3n) is 4.60. The Morgan fingerprint density at radius 3 is 2.92 bits per heavy atom. The van der Waals surface area contributed by atoms with Crippen LogP contribution in [0.25, 0.3) is 11.5 Å². The molecule has 128 valence electrons. The number of hydrogen-bond acceptors (Lipinski definition) is 5. The first-order chi connectivity index (χ1) is 12.3. The Morgan fingerprint density at radius 1 is 1.24 bits per heavy atom. The summed E-state index contributed by atoms with van der Waals surface area (Å²) in [5.41, 5.74) is 2.25. The van der Waals surface area contributed by atoms with Crippen molar-refractivity contribution in [3.8, 4) is 11.5 Å². The molecule has 0 bridgehead atoms. The number of carbonyl (C=O) groups is 1. The van der Waals surface area contributed by atoms with Gasteiger partial charge in [-0.1, -0.05) is 30.3 Å². The lowest BCUT2D eigenvalue weighted by molar-refractivity contribution is -0.130. The van der Waals surface area contributed by atoms with Gasteiger partial charge in [-0.25, -0.2) is 0 Å². The summed E-state index contributed by atoms with van der Waals surface area (Å²) in [6, 6.07) is 12.4. The predicted molar refractivity (Wildman–Crippen MR) is 96.3 cm³/mol. The van der Waals surface area contributed by atoms with Crippen LogP contribution in [-0.4, -0.2) is 34.1 Å². The van der Waals surface area contributed by atoms with E-state index in [-0.39, 0.29) is 5.91 Å². The van der Waals surface area contributed by atoms with Crippen LogP contribution >= 0.6 is 11.3 Å². The summed E-state index contributed by atoms with van der Waals surface area (Å²) in [5, 5.41) is 12.0. The molecule has 1 fully saturated rings. The minimum atomic E-state index is 0.161. The van der Waals surface area contributed by atoms with Gasteiger partial charge in [0.2, 0.25) is 17.7 Å². The fourth-order valence-electron chi connectivity index (χ4n) is 3.21. The Balaban J connectivity index is 1.31. The van der Waals surface area contributed by atoms with E-state index in [9.17, 15) is 4.79 Å². The predicted octanol–water partition coefficient (Wildman–Crippen LogP) is 3.75. The molecule has 0 unspecified atom stereocenters. The van der Waals surface area contributed by atoms with Crippen LogP contribution in [0, 0.1) is 0 Å². The average Bonchev–Trinajstić information content (AvgIpc) is 3.41. The van der Waals surface area contributed by atoms with Gasteiger partial charge in [0.1, 0.15) is 0 Å². The molecule has 1 amide bonds. The summed E-state index contributed by atoms with van der Waals surface area (Å²) < 4.78 is 5.65. The van der Waals surface area contributed by atoms with Gasteiger partial charge < -0.3 is 9.32 Å². The number of thiophene rings is 1. The van der Waals surface area contributed by atoms with Crippen LogP contribution in [0.4, 0.5) is 0 Å². The Kier molecular flexibility index (Phi) is 4.61. The first kappa shape index (κ1) is 16.0. The SMILES string of the molecule is O=C(CCc1nnc(-c2ccsc2)o1)N1CC[C@@H](c2ccccc2)C1. The molecule has 0 saturated carbocycles. The van der Waals surface area contributed by atoms with Crippen LogP contribution in [0.5, 0.6) is 0 Å². The molecule has 25 heavy (non-hydrogen) atoms. The van der Waals surface area contributed by atoms with Crippen LogP contribution in [0.1, 0.15) is 30.2 Å². The number of rotatable bonds is 5. The molecule has 5 nitrogen and oxygen atoms in total. The van der Waals surface area contributed by atoms with Gasteiger partial charge in [0.15, 0.2) is 0 Å². The van der Waals surface area contributed by atoms with Crippen LogP contribution in [0.15, 0.2) is 51.6 Å². The van der Waals surface area contributed by atoms with E-state index in [0.29, 0.717) is 30.5 Å². The van der Waals surface area contributed by atoms with E-state index >= 15 is 0 Å². The molecular formula is C19H19N3O2S. The quantitative estimate of drug-likeness (QED) is 0.701. The summed E-state index contributed by atoms with van der Waals surface area (Å²) in [4.78, 5) is 14.4. The fraction of sp³-hybridized carbons (Fsp3) is 0.316. The molecule has 0 N–H and O–H groups in total. The first-order valence-corrected chi connectivity index (χ1v) is 9.41. The number of hydrogen-bond donors (Lipinski definition) is 0. The van der Waals surface area contributed by atoms with Crippen molar-refractivity contribution >= 4 is 17.2 Å². The van der Waals surface area contributed by atoms with E-state index in [1.807, 2.05) is 27.8 Å². The zero-order chi connectivity index (χ0) is 17.1. The topological polar surface area (TPSA) is 59.2 Å². The lowest BCUT2D eigenvalue weighted by Crippen LogP contribution is -2.28. The van der Waals surface area contributed by atoms with Crippen molar-refractivity contribution in [1.29, 1.82) is 0 Å². The smallest absolute Gasteiger partial charge is 0.248 e. The van der Waals surface area contributed by atoms with E-state index in [4.69, 9.17) is 4.42 Å². The third kappa shape index (κ3) is 3.64. The van der Waals surface area contributed by atoms with Crippen LogP contribution in [0.3, 0.4) is 0 Å². The number of likely N-dealkylation sites (tertiary alicyclic amines) is 1. The van der Waals surface area contributed by atoms with Gasteiger partial charge in [0, 0.05) is 42.8 Å². The molecule has 1 atom stereocenters. The minimum absolute atomic E-state index is 0.161. The number of amides is 1. The van der Waals surface area contributed by atoms with Crippen molar-refractivity contribution in [3.05, 3.63) is 58.6 Å². The molecule has 0 spiro atoms. The second-order valence-electron chi connectivity index (χ2n) is 6.25. The minimum Gasteiger partial charge on any atom is -0.421 e. The number of carbonyl (C=O) groups excluding carboxylic acids is 1. The number of aromatic nitrogens is 2. The molecule has 6 heteroatoms. The van der Waals surface area contributed by atoms with E-state index < -0.39 is 0 Å². The van der Waals surface area contributed by atoms with E-state index in [2.05, 4.69) is 34.5 Å². The molecule has 1 aliphatic heterocycles. The molecule has 1 saturated heterocycles. The van der Waals surface area contributed by atoms with Crippen molar-refractivity contribution in [2.45, 2.75) is 25.2 Å². The van der Waals surface area contributed by atoms with Crippen molar-refractivity contribution < 1.29 is 9.21 Å². The summed E-state index contributed by atoms with van der Waals surface area (Å²) >= 11 is 1.59. The lowest BCUT2D eigenvalue weighted by Gasteiger charge is -2.16. The maximum Gasteiger partial charge on any atom is 0.248 e. The van der Waals surface area contributed by atoms with Crippen LogP contribution in [0.2, 0.25) is 0 Å². The largest absolute Gasteiger partial charge is 0.421 e. The maximum absolute atomic E-state index is 12.5.